The summed E-state index contributed by atoms with van der Waals surface area (Å²) in [6.07, 6.45) is 0.840. The number of rotatable bonds is 3. The lowest BCUT2D eigenvalue weighted by atomic mass is 10.3. The first-order valence-electron chi connectivity index (χ1n) is 3.84. The van der Waals surface area contributed by atoms with E-state index >= 15 is 0 Å². The molecular weight excluding hydrogens is 144 g/mol. The van der Waals surface area contributed by atoms with Crippen molar-refractivity contribution in [1.29, 1.82) is 0 Å². The Hall–Kier alpha value is -0.860. The molecule has 0 aliphatic heterocycles. The van der Waals surface area contributed by atoms with Crippen LogP contribution in [0.1, 0.15) is 13.8 Å². The largest absolute Gasteiger partial charge is 0.466 e. The normalized spacial score (nSPS) is 34.5. The van der Waals surface area contributed by atoms with Crippen molar-refractivity contribution < 1.29 is 14.3 Å². The second-order valence-corrected chi connectivity index (χ2v) is 2.85. The number of hydrogen-bond acceptors (Lipinski definition) is 3. The fourth-order valence-corrected chi connectivity index (χ4v) is 1.31. The number of aldehydes is 1. The highest BCUT2D eigenvalue weighted by Crippen LogP contribution is 2.44. The van der Waals surface area contributed by atoms with Gasteiger partial charge >= 0.3 is 5.97 Å². The molecular formula is C8H12O3. The number of hydrogen-bond donors (Lipinski definition) is 0. The minimum Gasteiger partial charge on any atom is -0.466 e. The van der Waals surface area contributed by atoms with E-state index in [0.717, 1.165) is 6.29 Å². The predicted octanol–water partition coefficient (Wildman–Crippen LogP) is 0.630. The van der Waals surface area contributed by atoms with E-state index in [1.54, 1.807) is 6.92 Å². The van der Waals surface area contributed by atoms with Crippen LogP contribution in [0.15, 0.2) is 0 Å². The van der Waals surface area contributed by atoms with Crippen LogP contribution in [0, 0.1) is 17.8 Å². The standard InChI is InChI=1S/C8H12O3/c1-3-11-8(10)7-5(2)6(7)4-9/h4-7H,3H2,1-2H3/t5-,6?,7+/m1/s1. The molecule has 1 saturated carbocycles. The second kappa shape index (κ2) is 3.03. The van der Waals surface area contributed by atoms with Crippen LogP contribution in [0.3, 0.4) is 0 Å². The summed E-state index contributed by atoms with van der Waals surface area (Å²) in [4.78, 5) is 21.3. The highest BCUT2D eigenvalue weighted by Gasteiger charge is 2.52. The van der Waals surface area contributed by atoms with Crippen LogP contribution in [0.4, 0.5) is 0 Å². The smallest absolute Gasteiger partial charge is 0.309 e. The van der Waals surface area contributed by atoms with Gasteiger partial charge in [0.1, 0.15) is 6.29 Å². The van der Waals surface area contributed by atoms with Gasteiger partial charge in [0.2, 0.25) is 0 Å². The zero-order chi connectivity index (χ0) is 8.43. The van der Waals surface area contributed by atoms with Crippen molar-refractivity contribution in [3.8, 4) is 0 Å². The molecule has 0 radical (unpaired) electrons. The van der Waals surface area contributed by atoms with Crippen LogP contribution in [-0.2, 0) is 14.3 Å². The third-order valence-corrected chi connectivity index (χ3v) is 2.16. The highest BCUT2D eigenvalue weighted by atomic mass is 16.5. The van der Waals surface area contributed by atoms with Gasteiger partial charge in [-0.05, 0) is 12.8 Å². The van der Waals surface area contributed by atoms with Gasteiger partial charge in [-0.3, -0.25) is 4.79 Å². The lowest BCUT2D eigenvalue weighted by molar-refractivity contribution is -0.145. The monoisotopic (exact) mass is 156 g/mol. The molecule has 0 spiro atoms. The van der Waals surface area contributed by atoms with E-state index in [-0.39, 0.29) is 23.7 Å². The van der Waals surface area contributed by atoms with Crippen LogP contribution in [0.2, 0.25) is 0 Å². The van der Waals surface area contributed by atoms with Crippen molar-refractivity contribution in [2.45, 2.75) is 13.8 Å². The van der Waals surface area contributed by atoms with Crippen LogP contribution in [0.5, 0.6) is 0 Å². The molecule has 1 rings (SSSR count). The predicted molar refractivity (Wildman–Crippen MR) is 38.8 cm³/mol. The van der Waals surface area contributed by atoms with E-state index < -0.39 is 0 Å². The van der Waals surface area contributed by atoms with Crippen LogP contribution >= 0.6 is 0 Å². The average molecular weight is 156 g/mol. The molecule has 3 atom stereocenters. The van der Waals surface area contributed by atoms with E-state index in [2.05, 4.69) is 0 Å². The number of carbonyl (C=O) groups is 2. The fourth-order valence-electron chi connectivity index (χ4n) is 1.31. The summed E-state index contributed by atoms with van der Waals surface area (Å²) in [5.74, 6) is -0.287. The SMILES string of the molecule is CCOC(=O)[C@@H]1C(C=O)[C@H]1C. The minimum absolute atomic E-state index is 0.0888. The summed E-state index contributed by atoms with van der Waals surface area (Å²) in [5.41, 5.74) is 0. The number of carbonyl (C=O) groups excluding carboxylic acids is 2. The summed E-state index contributed by atoms with van der Waals surface area (Å²) in [6, 6.07) is 0. The molecule has 0 bridgehead atoms. The lowest BCUT2D eigenvalue weighted by Gasteiger charge is -1.97. The highest BCUT2D eigenvalue weighted by molar-refractivity contribution is 5.82. The Morgan fingerprint density at radius 1 is 1.64 bits per heavy atom. The summed E-state index contributed by atoms with van der Waals surface area (Å²) in [6.45, 7) is 4.05. The number of esters is 1. The quantitative estimate of drug-likeness (QED) is 0.444. The molecule has 1 unspecified atom stereocenters. The van der Waals surface area contributed by atoms with Crippen molar-refractivity contribution in [3.05, 3.63) is 0 Å². The van der Waals surface area contributed by atoms with E-state index in [9.17, 15) is 9.59 Å². The Kier molecular flexibility index (Phi) is 2.27. The first-order valence-corrected chi connectivity index (χ1v) is 3.84. The van der Waals surface area contributed by atoms with Gasteiger partial charge < -0.3 is 9.53 Å². The van der Waals surface area contributed by atoms with E-state index in [1.165, 1.54) is 0 Å². The Labute approximate surface area is 65.7 Å². The molecule has 0 aromatic heterocycles. The number of ether oxygens (including phenoxy) is 1. The molecule has 0 amide bonds. The van der Waals surface area contributed by atoms with Gasteiger partial charge in [-0.25, -0.2) is 0 Å². The van der Waals surface area contributed by atoms with Gasteiger partial charge in [-0.2, -0.15) is 0 Å². The van der Waals surface area contributed by atoms with Crippen molar-refractivity contribution in [1.82, 2.24) is 0 Å². The molecule has 0 aromatic rings. The summed E-state index contributed by atoms with van der Waals surface area (Å²) in [7, 11) is 0. The first-order chi connectivity index (χ1) is 5.22. The molecule has 0 heterocycles. The fraction of sp³-hybridized carbons (Fsp3) is 0.750. The van der Waals surface area contributed by atoms with Crippen LogP contribution in [0.25, 0.3) is 0 Å². The van der Waals surface area contributed by atoms with Gasteiger partial charge in [0, 0.05) is 5.92 Å². The lowest BCUT2D eigenvalue weighted by Crippen LogP contribution is -2.08. The maximum absolute atomic E-state index is 11.0. The third kappa shape index (κ3) is 1.42. The maximum atomic E-state index is 11.0. The topological polar surface area (TPSA) is 43.4 Å². The molecule has 3 nitrogen and oxygen atoms in total. The van der Waals surface area contributed by atoms with Crippen LogP contribution < -0.4 is 0 Å². The van der Waals surface area contributed by atoms with Crippen molar-refractivity contribution >= 4 is 12.3 Å². The zero-order valence-electron chi connectivity index (χ0n) is 6.74. The summed E-state index contributed by atoms with van der Waals surface area (Å²) in [5, 5.41) is 0. The Morgan fingerprint density at radius 2 is 2.27 bits per heavy atom. The summed E-state index contributed by atoms with van der Waals surface area (Å²) >= 11 is 0. The average Bonchev–Trinajstić information content (AvgIpc) is 2.61. The Morgan fingerprint density at radius 3 is 2.64 bits per heavy atom. The molecule has 62 valence electrons. The van der Waals surface area contributed by atoms with Gasteiger partial charge in [0.05, 0.1) is 12.5 Å². The van der Waals surface area contributed by atoms with Gasteiger partial charge in [-0.15, -0.1) is 0 Å². The van der Waals surface area contributed by atoms with Gasteiger partial charge in [0.15, 0.2) is 0 Å². The Balaban J connectivity index is 2.39. The molecule has 0 saturated heterocycles. The molecule has 0 aromatic carbocycles. The van der Waals surface area contributed by atoms with Crippen molar-refractivity contribution in [2.24, 2.45) is 17.8 Å². The van der Waals surface area contributed by atoms with Crippen molar-refractivity contribution in [2.75, 3.05) is 6.61 Å². The Bertz CT molecular complexity index is 176. The van der Waals surface area contributed by atoms with Crippen molar-refractivity contribution in [3.63, 3.8) is 0 Å². The maximum Gasteiger partial charge on any atom is 0.309 e. The molecule has 1 aliphatic carbocycles. The van der Waals surface area contributed by atoms with E-state index in [4.69, 9.17) is 4.74 Å². The molecule has 3 heteroatoms. The third-order valence-electron chi connectivity index (χ3n) is 2.16. The molecule has 0 N–H and O–H groups in total. The first kappa shape index (κ1) is 8.24. The zero-order valence-corrected chi connectivity index (χ0v) is 6.74. The van der Waals surface area contributed by atoms with Gasteiger partial charge in [0.25, 0.3) is 0 Å². The summed E-state index contributed by atoms with van der Waals surface area (Å²) < 4.78 is 4.77. The second-order valence-electron chi connectivity index (χ2n) is 2.85. The van der Waals surface area contributed by atoms with E-state index in [1.807, 2.05) is 6.92 Å². The van der Waals surface area contributed by atoms with Gasteiger partial charge in [-0.1, -0.05) is 6.92 Å². The molecule has 1 aliphatic rings. The minimum atomic E-state index is -0.225. The molecule has 11 heavy (non-hydrogen) atoms. The molecule has 1 fully saturated rings. The van der Waals surface area contributed by atoms with E-state index in [0.29, 0.717) is 6.61 Å². The van der Waals surface area contributed by atoms with Crippen LogP contribution in [-0.4, -0.2) is 18.9 Å².